The predicted molar refractivity (Wildman–Crippen MR) is 145 cm³/mol. The molecule has 0 aliphatic rings. The Balaban J connectivity index is 1.28. The highest BCUT2D eigenvalue weighted by Crippen LogP contribution is 2.33. The molecular formula is C29H16Cl2N2O4. The van der Waals surface area contributed by atoms with Gasteiger partial charge in [-0.05, 0) is 66.2 Å². The minimum atomic E-state index is -0.469. The summed E-state index contributed by atoms with van der Waals surface area (Å²) in [5, 5.41) is 4.65. The van der Waals surface area contributed by atoms with Crippen LogP contribution in [0.25, 0.3) is 44.7 Å². The molecule has 180 valence electrons. The van der Waals surface area contributed by atoms with Crippen LogP contribution < -0.4 is 10.9 Å². The van der Waals surface area contributed by atoms with Gasteiger partial charge < -0.3 is 14.2 Å². The fourth-order valence-electron chi connectivity index (χ4n) is 4.08. The third-order valence-electron chi connectivity index (χ3n) is 5.88. The Hall–Kier alpha value is -4.39. The number of nitrogens with zero attached hydrogens (tertiary/aromatic N) is 1. The summed E-state index contributed by atoms with van der Waals surface area (Å²) in [6.45, 7) is 0. The van der Waals surface area contributed by atoms with E-state index in [0.29, 0.717) is 60.6 Å². The van der Waals surface area contributed by atoms with E-state index in [9.17, 15) is 9.59 Å². The van der Waals surface area contributed by atoms with E-state index in [1.807, 2.05) is 12.1 Å². The Morgan fingerprint density at radius 3 is 2.54 bits per heavy atom. The summed E-state index contributed by atoms with van der Waals surface area (Å²) in [5.74, 6) is -0.0131. The van der Waals surface area contributed by atoms with Gasteiger partial charge in [-0.15, -0.1) is 0 Å². The Labute approximate surface area is 220 Å². The molecule has 0 unspecified atom stereocenters. The van der Waals surface area contributed by atoms with Gasteiger partial charge in [0.05, 0.1) is 16.1 Å². The standard InChI is InChI=1S/C29H16Cl2N2O4/c30-19-8-10-23(31)22(14-19)28-33-24-15-20(9-11-26(24)36-28)32-27(34)18-6-3-5-16(12-18)21-13-17-4-1-2-7-25(17)37-29(21)35/h1-15H,(H,32,34). The zero-order valence-corrected chi connectivity index (χ0v) is 20.5. The van der Waals surface area contributed by atoms with Gasteiger partial charge in [-0.1, -0.05) is 53.5 Å². The lowest BCUT2D eigenvalue weighted by molar-refractivity contribution is 0.102. The molecule has 0 atom stereocenters. The quantitative estimate of drug-likeness (QED) is 0.236. The van der Waals surface area contributed by atoms with Crippen molar-refractivity contribution in [3.8, 4) is 22.6 Å². The number of rotatable bonds is 4. The lowest BCUT2D eigenvalue weighted by Crippen LogP contribution is -2.12. The van der Waals surface area contributed by atoms with Crippen LogP contribution in [0.15, 0.2) is 105 Å². The van der Waals surface area contributed by atoms with E-state index in [2.05, 4.69) is 10.3 Å². The smallest absolute Gasteiger partial charge is 0.344 e. The molecular weight excluding hydrogens is 511 g/mol. The molecule has 0 fully saturated rings. The van der Waals surface area contributed by atoms with Crippen LogP contribution >= 0.6 is 23.2 Å². The summed E-state index contributed by atoms with van der Waals surface area (Å²) < 4.78 is 11.3. The second kappa shape index (κ2) is 9.24. The van der Waals surface area contributed by atoms with Gasteiger partial charge in [-0.3, -0.25) is 4.79 Å². The molecule has 2 aromatic heterocycles. The molecule has 0 saturated heterocycles. The Bertz CT molecular complexity index is 1890. The lowest BCUT2D eigenvalue weighted by Gasteiger charge is -2.07. The molecule has 1 amide bonds. The molecule has 0 aliphatic carbocycles. The van der Waals surface area contributed by atoms with E-state index in [-0.39, 0.29) is 5.91 Å². The summed E-state index contributed by atoms with van der Waals surface area (Å²) in [6, 6.07) is 26.1. The van der Waals surface area contributed by atoms with E-state index in [4.69, 9.17) is 32.0 Å². The molecule has 1 N–H and O–H groups in total. The Morgan fingerprint density at radius 1 is 0.784 bits per heavy atom. The molecule has 4 aromatic carbocycles. The predicted octanol–water partition coefficient (Wildman–Crippen LogP) is 7.83. The van der Waals surface area contributed by atoms with Crippen LogP contribution in [0.1, 0.15) is 10.4 Å². The summed E-state index contributed by atoms with van der Waals surface area (Å²) in [6.07, 6.45) is 0. The number of anilines is 1. The van der Waals surface area contributed by atoms with E-state index >= 15 is 0 Å². The first-order chi connectivity index (χ1) is 17.9. The third kappa shape index (κ3) is 4.48. The molecule has 0 radical (unpaired) electrons. The van der Waals surface area contributed by atoms with Gasteiger partial charge >= 0.3 is 5.63 Å². The Kier molecular flexibility index (Phi) is 5.75. The first kappa shape index (κ1) is 23.0. The van der Waals surface area contributed by atoms with E-state index in [0.717, 1.165) is 5.39 Å². The van der Waals surface area contributed by atoms with Crippen molar-refractivity contribution in [3.63, 3.8) is 0 Å². The maximum Gasteiger partial charge on any atom is 0.344 e. The van der Waals surface area contributed by atoms with Crippen LogP contribution in [0, 0.1) is 0 Å². The van der Waals surface area contributed by atoms with Crippen LogP contribution in [0.2, 0.25) is 10.0 Å². The number of aromatic nitrogens is 1. The zero-order chi connectivity index (χ0) is 25.5. The second-order valence-corrected chi connectivity index (χ2v) is 9.19. The number of nitrogens with one attached hydrogen (secondary N) is 1. The number of carbonyl (C=O) groups is 1. The van der Waals surface area contributed by atoms with Crippen LogP contribution in [-0.2, 0) is 0 Å². The largest absolute Gasteiger partial charge is 0.436 e. The maximum atomic E-state index is 13.1. The molecule has 0 spiro atoms. The molecule has 2 heterocycles. The number of para-hydroxylation sites is 1. The molecule has 6 aromatic rings. The minimum Gasteiger partial charge on any atom is -0.436 e. The van der Waals surface area contributed by atoms with Crippen LogP contribution in [-0.4, -0.2) is 10.9 Å². The van der Waals surface area contributed by atoms with Crippen molar-refractivity contribution in [1.82, 2.24) is 4.98 Å². The number of fused-ring (bicyclic) bond motifs is 2. The van der Waals surface area contributed by atoms with Crippen molar-refractivity contribution in [1.29, 1.82) is 0 Å². The fourth-order valence-corrected chi connectivity index (χ4v) is 4.45. The summed E-state index contributed by atoms with van der Waals surface area (Å²) in [7, 11) is 0. The topological polar surface area (TPSA) is 85.3 Å². The van der Waals surface area contributed by atoms with E-state index in [1.165, 1.54) is 0 Å². The summed E-state index contributed by atoms with van der Waals surface area (Å²) in [5.41, 5.74) is 3.58. The van der Waals surface area contributed by atoms with Crippen LogP contribution in [0.4, 0.5) is 5.69 Å². The number of amides is 1. The zero-order valence-electron chi connectivity index (χ0n) is 19.0. The van der Waals surface area contributed by atoms with E-state index in [1.54, 1.807) is 78.9 Å². The van der Waals surface area contributed by atoms with E-state index < -0.39 is 5.63 Å². The van der Waals surface area contributed by atoms with Gasteiger partial charge in [-0.2, -0.15) is 0 Å². The lowest BCUT2D eigenvalue weighted by atomic mass is 10.0. The second-order valence-electron chi connectivity index (χ2n) is 8.35. The summed E-state index contributed by atoms with van der Waals surface area (Å²) in [4.78, 5) is 30.1. The monoisotopic (exact) mass is 526 g/mol. The molecule has 0 saturated carbocycles. The van der Waals surface area contributed by atoms with Crippen molar-refractivity contribution in [2.24, 2.45) is 0 Å². The number of carbonyl (C=O) groups excluding carboxylic acids is 1. The van der Waals surface area contributed by atoms with Crippen molar-refractivity contribution in [2.45, 2.75) is 0 Å². The van der Waals surface area contributed by atoms with Gasteiger partial charge in [0.1, 0.15) is 11.1 Å². The van der Waals surface area contributed by atoms with Crippen molar-refractivity contribution >= 4 is 56.9 Å². The maximum absolute atomic E-state index is 13.1. The van der Waals surface area contributed by atoms with Crippen molar-refractivity contribution in [2.75, 3.05) is 5.32 Å². The highest BCUT2D eigenvalue weighted by Gasteiger charge is 2.15. The average Bonchev–Trinajstić information content (AvgIpc) is 3.33. The highest BCUT2D eigenvalue weighted by atomic mass is 35.5. The number of benzene rings is 4. The molecule has 6 nitrogen and oxygen atoms in total. The molecule has 8 heteroatoms. The van der Waals surface area contributed by atoms with Gasteiger partial charge in [0, 0.05) is 21.7 Å². The number of oxazole rings is 1. The molecule has 0 aliphatic heterocycles. The first-order valence-corrected chi connectivity index (χ1v) is 12.0. The normalized spacial score (nSPS) is 11.2. The molecule has 6 rings (SSSR count). The minimum absolute atomic E-state index is 0.327. The third-order valence-corrected chi connectivity index (χ3v) is 6.45. The Morgan fingerprint density at radius 2 is 1.65 bits per heavy atom. The molecule has 0 bridgehead atoms. The van der Waals surface area contributed by atoms with Gasteiger partial charge in [-0.25, -0.2) is 9.78 Å². The summed E-state index contributed by atoms with van der Waals surface area (Å²) >= 11 is 12.4. The first-order valence-electron chi connectivity index (χ1n) is 11.3. The van der Waals surface area contributed by atoms with Crippen LogP contribution in [0.3, 0.4) is 0 Å². The van der Waals surface area contributed by atoms with Crippen LogP contribution in [0.5, 0.6) is 0 Å². The van der Waals surface area contributed by atoms with Gasteiger partial charge in [0.25, 0.3) is 5.91 Å². The highest BCUT2D eigenvalue weighted by molar-refractivity contribution is 6.35. The fraction of sp³-hybridized carbons (Fsp3) is 0. The van der Waals surface area contributed by atoms with Gasteiger partial charge in [0.2, 0.25) is 5.89 Å². The SMILES string of the molecule is O=C(Nc1ccc2oc(-c3cc(Cl)ccc3Cl)nc2c1)c1cccc(-c2cc3ccccc3oc2=O)c1. The van der Waals surface area contributed by atoms with Gasteiger partial charge in [0.15, 0.2) is 5.58 Å². The number of hydrogen-bond acceptors (Lipinski definition) is 5. The van der Waals surface area contributed by atoms with Crippen molar-refractivity contribution < 1.29 is 13.6 Å². The number of halogens is 2. The molecule has 37 heavy (non-hydrogen) atoms. The number of hydrogen-bond donors (Lipinski definition) is 1. The average molecular weight is 527 g/mol. The van der Waals surface area contributed by atoms with Crippen molar-refractivity contribution in [3.05, 3.63) is 117 Å².